The lowest BCUT2D eigenvalue weighted by molar-refractivity contribution is 0.0428. The molecule has 2 rings (SSSR count). The van der Waals surface area contributed by atoms with E-state index in [4.69, 9.17) is 4.42 Å². The molecule has 0 aromatic carbocycles. The minimum Gasteiger partial charge on any atom is -0.463 e. The summed E-state index contributed by atoms with van der Waals surface area (Å²) in [6, 6.07) is 7.91. The Hall–Kier alpha value is -1.79. The molecule has 0 radical (unpaired) electrons. The van der Waals surface area contributed by atoms with Gasteiger partial charge in [0.05, 0.1) is 6.54 Å². The van der Waals surface area contributed by atoms with Crippen molar-refractivity contribution in [3.05, 3.63) is 46.0 Å². The molecule has 0 amide bonds. The van der Waals surface area contributed by atoms with Gasteiger partial charge in [-0.1, -0.05) is 13.0 Å². The highest BCUT2D eigenvalue weighted by molar-refractivity contribution is 7.09. The molecule has 2 aromatic heterocycles. The van der Waals surface area contributed by atoms with Crippen molar-refractivity contribution in [2.75, 3.05) is 19.6 Å². The lowest BCUT2D eigenvalue weighted by Crippen LogP contribution is -2.40. The molecule has 0 saturated carbocycles. The lowest BCUT2D eigenvalue weighted by Gasteiger charge is -2.20. The molecule has 0 aliphatic rings. The van der Waals surface area contributed by atoms with E-state index in [0.717, 1.165) is 25.3 Å². The molecule has 0 aliphatic heterocycles. The Morgan fingerprint density at radius 1 is 1.36 bits per heavy atom. The zero-order valence-electron chi connectivity index (χ0n) is 15.5. The predicted octanol–water partition coefficient (Wildman–Crippen LogP) is 3.29. The largest absolute Gasteiger partial charge is 0.463 e. The van der Waals surface area contributed by atoms with Crippen LogP contribution in [-0.4, -0.2) is 30.7 Å². The maximum Gasteiger partial charge on any atom is 0.191 e. The van der Waals surface area contributed by atoms with Crippen LogP contribution in [0.2, 0.25) is 0 Å². The monoisotopic (exact) mass is 363 g/mol. The fraction of sp³-hybridized carbons (Fsp3) is 0.526. The van der Waals surface area contributed by atoms with E-state index in [2.05, 4.69) is 40.1 Å². The van der Waals surface area contributed by atoms with E-state index in [1.54, 1.807) is 24.3 Å². The Balaban J connectivity index is 1.91. The lowest BCUT2D eigenvalue weighted by atomic mass is 10.0. The highest BCUT2D eigenvalue weighted by Gasteiger charge is 2.26. The summed E-state index contributed by atoms with van der Waals surface area (Å²) < 4.78 is 5.54. The van der Waals surface area contributed by atoms with Crippen LogP contribution < -0.4 is 10.6 Å². The Morgan fingerprint density at radius 2 is 2.16 bits per heavy atom. The van der Waals surface area contributed by atoms with Crippen molar-refractivity contribution in [3.63, 3.8) is 0 Å². The Kier molecular flexibility index (Phi) is 7.08. The van der Waals surface area contributed by atoms with Gasteiger partial charge in [0.1, 0.15) is 17.1 Å². The number of rotatable bonds is 8. The molecular formula is C19H29N3O2S. The van der Waals surface area contributed by atoms with E-state index >= 15 is 0 Å². The minimum absolute atomic E-state index is 0.231. The minimum atomic E-state index is -1.13. The SMILES string of the molecule is CCNC(=NCC(C)(O)c1ccc(C)o1)NCC(C)Cc1cccs1. The van der Waals surface area contributed by atoms with Gasteiger partial charge >= 0.3 is 0 Å². The Bertz CT molecular complexity index is 662. The number of aliphatic imine (C=N–C) groups is 1. The molecule has 5 nitrogen and oxygen atoms in total. The number of thiophene rings is 1. The molecule has 0 spiro atoms. The van der Waals surface area contributed by atoms with Crippen LogP contribution in [0.4, 0.5) is 0 Å². The molecule has 2 aromatic rings. The topological polar surface area (TPSA) is 69.8 Å². The van der Waals surface area contributed by atoms with E-state index in [0.29, 0.717) is 17.6 Å². The molecule has 0 saturated heterocycles. The van der Waals surface area contributed by atoms with Gasteiger partial charge in [-0.15, -0.1) is 11.3 Å². The second kappa shape index (κ2) is 9.06. The number of hydrogen-bond donors (Lipinski definition) is 3. The summed E-state index contributed by atoms with van der Waals surface area (Å²) in [6.45, 7) is 9.66. The van der Waals surface area contributed by atoms with Gasteiger partial charge in [-0.25, -0.2) is 4.99 Å². The molecule has 0 aliphatic carbocycles. The van der Waals surface area contributed by atoms with Crippen LogP contribution in [0.1, 0.15) is 37.2 Å². The second-order valence-corrected chi connectivity index (χ2v) is 7.68. The first kappa shape index (κ1) is 19.5. The maximum absolute atomic E-state index is 10.6. The van der Waals surface area contributed by atoms with Gasteiger partial charge in [0.2, 0.25) is 0 Å². The molecular weight excluding hydrogens is 334 g/mol. The van der Waals surface area contributed by atoms with Gasteiger partial charge in [0.25, 0.3) is 0 Å². The summed E-state index contributed by atoms with van der Waals surface area (Å²) in [7, 11) is 0. The first-order chi connectivity index (χ1) is 11.9. The molecule has 138 valence electrons. The fourth-order valence-electron chi connectivity index (χ4n) is 2.49. The van der Waals surface area contributed by atoms with E-state index in [-0.39, 0.29) is 6.54 Å². The quantitative estimate of drug-likeness (QED) is 0.497. The average molecular weight is 364 g/mol. The van der Waals surface area contributed by atoms with Crippen molar-refractivity contribution in [1.29, 1.82) is 0 Å². The fourth-order valence-corrected chi connectivity index (χ4v) is 3.36. The van der Waals surface area contributed by atoms with E-state index < -0.39 is 5.60 Å². The third-order valence-electron chi connectivity index (χ3n) is 3.91. The number of nitrogens with zero attached hydrogens (tertiary/aromatic N) is 1. The molecule has 0 fully saturated rings. The second-order valence-electron chi connectivity index (χ2n) is 6.65. The number of aliphatic hydroxyl groups is 1. The van der Waals surface area contributed by atoms with Crippen LogP contribution in [-0.2, 0) is 12.0 Å². The van der Waals surface area contributed by atoms with Crippen molar-refractivity contribution in [2.24, 2.45) is 10.9 Å². The van der Waals surface area contributed by atoms with Crippen LogP contribution in [0, 0.1) is 12.8 Å². The number of hydrogen-bond acceptors (Lipinski definition) is 4. The zero-order chi connectivity index (χ0) is 18.3. The van der Waals surface area contributed by atoms with Crippen molar-refractivity contribution in [2.45, 2.75) is 39.7 Å². The van der Waals surface area contributed by atoms with Crippen molar-refractivity contribution in [3.8, 4) is 0 Å². The van der Waals surface area contributed by atoms with Gasteiger partial charge in [-0.2, -0.15) is 0 Å². The first-order valence-electron chi connectivity index (χ1n) is 8.74. The average Bonchev–Trinajstić information content (AvgIpc) is 3.22. The van der Waals surface area contributed by atoms with Crippen LogP contribution in [0.3, 0.4) is 0 Å². The van der Waals surface area contributed by atoms with Crippen LogP contribution >= 0.6 is 11.3 Å². The summed E-state index contributed by atoms with van der Waals surface area (Å²) in [5.41, 5.74) is -1.13. The molecule has 2 unspecified atom stereocenters. The molecule has 2 heterocycles. The van der Waals surface area contributed by atoms with Gasteiger partial charge < -0.3 is 20.2 Å². The third kappa shape index (κ3) is 6.21. The van der Waals surface area contributed by atoms with Gasteiger partial charge in [0, 0.05) is 18.0 Å². The van der Waals surface area contributed by atoms with Gasteiger partial charge in [-0.3, -0.25) is 0 Å². The number of aryl methyl sites for hydroxylation is 1. The number of furan rings is 1. The first-order valence-corrected chi connectivity index (χ1v) is 9.62. The normalized spacial score (nSPS) is 15.6. The molecule has 2 atom stereocenters. The molecule has 0 bridgehead atoms. The number of guanidine groups is 1. The predicted molar refractivity (Wildman–Crippen MR) is 104 cm³/mol. The molecule has 3 N–H and O–H groups in total. The molecule has 6 heteroatoms. The summed E-state index contributed by atoms with van der Waals surface area (Å²) >= 11 is 1.79. The summed E-state index contributed by atoms with van der Waals surface area (Å²) in [5.74, 6) is 2.53. The maximum atomic E-state index is 10.6. The van der Waals surface area contributed by atoms with E-state index in [1.165, 1.54) is 4.88 Å². The van der Waals surface area contributed by atoms with Gasteiger partial charge in [-0.05, 0) is 56.7 Å². The Labute approximate surface area is 154 Å². The summed E-state index contributed by atoms with van der Waals surface area (Å²) in [6.07, 6.45) is 1.05. The summed E-state index contributed by atoms with van der Waals surface area (Å²) in [4.78, 5) is 5.92. The van der Waals surface area contributed by atoms with Crippen LogP contribution in [0.5, 0.6) is 0 Å². The third-order valence-corrected chi connectivity index (χ3v) is 4.81. The van der Waals surface area contributed by atoms with Crippen molar-refractivity contribution in [1.82, 2.24) is 10.6 Å². The standard InChI is InChI=1S/C19H29N3O2S/c1-5-20-18(21-12-14(2)11-16-7-6-10-25-16)22-13-19(4,23)17-9-8-15(3)24-17/h6-10,14,23H,5,11-13H2,1-4H3,(H2,20,21,22). The van der Waals surface area contributed by atoms with E-state index in [1.807, 2.05) is 19.9 Å². The Morgan fingerprint density at radius 3 is 2.76 bits per heavy atom. The van der Waals surface area contributed by atoms with Crippen LogP contribution in [0.25, 0.3) is 0 Å². The zero-order valence-corrected chi connectivity index (χ0v) is 16.3. The van der Waals surface area contributed by atoms with Crippen molar-refractivity contribution < 1.29 is 9.52 Å². The highest BCUT2D eigenvalue weighted by Crippen LogP contribution is 2.23. The van der Waals surface area contributed by atoms with Gasteiger partial charge in [0.15, 0.2) is 5.96 Å². The highest BCUT2D eigenvalue weighted by atomic mass is 32.1. The van der Waals surface area contributed by atoms with Crippen molar-refractivity contribution >= 4 is 17.3 Å². The smallest absolute Gasteiger partial charge is 0.191 e. The van der Waals surface area contributed by atoms with E-state index in [9.17, 15) is 5.11 Å². The number of nitrogens with one attached hydrogen (secondary N) is 2. The van der Waals surface area contributed by atoms with Crippen LogP contribution in [0.15, 0.2) is 39.1 Å². The summed E-state index contributed by atoms with van der Waals surface area (Å²) in [5, 5.41) is 19.3. The molecule has 25 heavy (non-hydrogen) atoms.